The second-order valence-electron chi connectivity index (χ2n) is 5.95. The summed E-state index contributed by atoms with van der Waals surface area (Å²) in [6, 6.07) is 9.15. The Morgan fingerprint density at radius 1 is 1.24 bits per heavy atom. The molecule has 1 aromatic carbocycles. The zero-order valence-corrected chi connectivity index (χ0v) is 14.9. The molecule has 0 amide bonds. The van der Waals surface area contributed by atoms with Gasteiger partial charge in [0.1, 0.15) is 0 Å². The van der Waals surface area contributed by atoms with E-state index in [-0.39, 0.29) is 0 Å². The fraction of sp³-hybridized carbons (Fsp3) is 0.647. The van der Waals surface area contributed by atoms with Gasteiger partial charge in [0.15, 0.2) is 0 Å². The topological polar surface area (TPSA) is 18.5 Å². The Hall–Kier alpha value is -0.420. The molecule has 1 unspecified atom stereocenters. The summed E-state index contributed by atoms with van der Waals surface area (Å²) in [4.78, 5) is 5.06. The van der Waals surface area contributed by atoms with Crippen molar-refractivity contribution in [1.29, 1.82) is 0 Å². The Morgan fingerprint density at radius 2 is 2.10 bits per heavy atom. The van der Waals surface area contributed by atoms with Crippen molar-refractivity contribution < 1.29 is 0 Å². The van der Waals surface area contributed by atoms with Crippen LogP contribution in [0.5, 0.6) is 0 Å². The van der Waals surface area contributed by atoms with Gasteiger partial charge < -0.3 is 15.1 Å². The van der Waals surface area contributed by atoms with E-state index in [9.17, 15) is 0 Å². The summed E-state index contributed by atoms with van der Waals surface area (Å²) in [5.41, 5.74) is 1.39. The highest BCUT2D eigenvalue weighted by Crippen LogP contribution is 2.21. The number of nitrogens with one attached hydrogen (secondary N) is 1. The molecule has 0 aromatic heterocycles. The van der Waals surface area contributed by atoms with Crippen molar-refractivity contribution in [2.45, 2.75) is 25.8 Å². The maximum Gasteiger partial charge on any atom is 0.0332 e. The molecule has 3 nitrogen and oxygen atoms in total. The van der Waals surface area contributed by atoms with Gasteiger partial charge in [0, 0.05) is 23.6 Å². The van der Waals surface area contributed by atoms with Crippen LogP contribution in [0.1, 0.15) is 31.4 Å². The van der Waals surface area contributed by atoms with E-state index < -0.39 is 0 Å². The number of halogens is 1. The molecule has 0 aliphatic carbocycles. The van der Waals surface area contributed by atoms with E-state index in [1.165, 1.54) is 55.6 Å². The number of likely N-dealkylation sites (N-methyl/N-ethyl adjacent to an activating group) is 1. The van der Waals surface area contributed by atoms with E-state index in [1.807, 2.05) is 0 Å². The number of nitrogens with zero attached hydrogens (tertiary/aromatic N) is 2. The lowest BCUT2D eigenvalue weighted by Gasteiger charge is -2.24. The van der Waals surface area contributed by atoms with Gasteiger partial charge in [-0.15, -0.1) is 0 Å². The molecular weight excluding hydrogens is 326 g/mol. The molecule has 0 saturated carbocycles. The molecule has 1 saturated heterocycles. The first-order valence-corrected chi connectivity index (χ1v) is 8.88. The van der Waals surface area contributed by atoms with Crippen molar-refractivity contribution in [2.75, 3.05) is 46.3 Å². The summed E-state index contributed by atoms with van der Waals surface area (Å²) >= 11 is 3.58. The molecule has 1 aliphatic heterocycles. The molecule has 1 fully saturated rings. The van der Waals surface area contributed by atoms with Gasteiger partial charge in [-0.3, -0.25) is 0 Å². The summed E-state index contributed by atoms with van der Waals surface area (Å²) in [6.45, 7) is 9.25. The SMILES string of the molecule is CCNC(CCN1CCCN(C)CC1)c1cccc(Br)c1. The largest absolute Gasteiger partial charge is 0.310 e. The third-order valence-electron chi connectivity index (χ3n) is 4.25. The van der Waals surface area contributed by atoms with Crippen LogP contribution in [0, 0.1) is 0 Å². The van der Waals surface area contributed by atoms with Crippen LogP contribution < -0.4 is 5.32 Å². The molecule has 2 rings (SSSR count). The normalized spacial score (nSPS) is 19.4. The van der Waals surface area contributed by atoms with Crippen molar-refractivity contribution in [3.63, 3.8) is 0 Å². The monoisotopic (exact) mass is 353 g/mol. The van der Waals surface area contributed by atoms with Crippen LogP contribution in [0.4, 0.5) is 0 Å². The van der Waals surface area contributed by atoms with Gasteiger partial charge in [0.05, 0.1) is 0 Å². The Kier molecular flexibility index (Phi) is 7.17. The van der Waals surface area contributed by atoms with E-state index in [1.54, 1.807) is 0 Å². The smallest absolute Gasteiger partial charge is 0.0332 e. The Morgan fingerprint density at radius 3 is 2.86 bits per heavy atom. The van der Waals surface area contributed by atoms with Crippen LogP contribution in [0.2, 0.25) is 0 Å². The average Bonchev–Trinajstić information content (AvgIpc) is 2.68. The molecule has 1 aromatic rings. The minimum atomic E-state index is 0.452. The Bertz CT molecular complexity index is 424. The van der Waals surface area contributed by atoms with Gasteiger partial charge in [-0.1, -0.05) is 35.0 Å². The van der Waals surface area contributed by atoms with E-state index in [4.69, 9.17) is 0 Å². The van der Waals surface area contributed by atoms with Crippen LogP contribution in [0.3, 0.4) is 0 Å². The zero-order chi connectivity index (χ0) is 15.1. The zero-order valence-electron chi connectivity index (χ0n) is 13.3. The molecular formula is C17H28BrN3. The molecule has 4 heteroatoms. The first kappa shape index (κ1) is 16.9. The Balaban J connectivity index is 1.90. The van der Waals surface area contributed by atoms with Crippen molar-refractivity contribution in [1.82, 2.24) is 15.1 Å². The molecule has 1 N–H and O–H groups in total. The quantitative estimate of drug-likeness (QED) is 0.847. The number of hydrogen-bond donors (Lipinski definition) is 1. The number of benzene rings is 1. The highest BCUT2D eigenvalue weighted by Gasteiger charge is 2.15. The second kappa shape index (κ2) is 8.89. The first-order valence-electron chi connectivity index (χ1n) is 8.08. The fourth-order valence-corrected chi connectivity index (χ4v) is 3.41. The van der Waals surface area contributed by atoms with Crippen molar-refractivity contribution in [3.05, 3.63) is 34.3 Å². The summed E-state index contributed by atoms with van der Waals surface area (Å²) in [5, 5.41) is 3.63. The maximum atomic E-state index is 3.63. The van der Waals surface area contributed by atoms with Crippen LogP contribution in [-0.4, -0.2) is 56.1 Å². The van der Waals surface area contributed by atoms with E-state index in [0.717, 1.165) is 6.54 Å². The minimum Gasteiger partial charge on any atom is -0.310 e. The lowest BCUT2D eigenvalue weighted by molar-refractivity contribution is 0.261. The second-order valence-corrected chi connectivity index (χ2v) is 6.87. The molecule has 0 bridgehead atoms. The van der Waals surface area contributed by atoms with Gasteiger partial charge in [0.25, 0.3) is 0 Å². The first-order chi connectivity index (χ1) is 10.2. The van der Waals surface area contributed by atoms with E-state index >= 15 is 0 Å². The highest BCUT2D eigenvalue weighted by molar-refractivity contribution is 9.10. The summed E-state index contributed by atoms with van der Waals surface area (Å²) in [6.07, 6.45) is 2.47. The molecule has 0 radical (unpaired) electrons. The lowest BCUT2D eigenvalue weighted by Crippen LogP contribution is -2.32. The fourth-order valence-electron chi connectivity index (χ4n) is 2.99. The van der Waals surface area contributed by atoms with Crippen molar-refractivity contribution in [2.24, 2.45) is 0 Å². The molecule has 0 spiro atoms. The van der Waals surface area contributed by atoms with Gasteiger partial charge in [-0.05, 0) is 63.8 Å². The minimum absolute atomic E-state index is 0.452. The predicted octanol–water partition coefficient (Wildman–Crippen LogP) is 3.13. The summed E-state index contributed by atoms with van der Waals surface area (Å²) in [7, 11) is 2.23. The summed E-state index contributed by atoms with van der Waals surface area (Å²) in [5.74, 6) is 0. The van der Waals surface area contributed by atoms with Crippen LogP contribution in [0.15, 0.2) is 28.7 Å². The third-order valence-corrected chi connectivity index (χ3v) is 4.74. The average molecular weight is 354 g/mol. The highest BCUT2D eigenvalue weighted by atomic mass is 79.9. The molecule has 21 heavy (non-hydrogen) atoms. The van der Waals surface area contributed by atoms with Gasteiger partial charge >= 0.3 is 0 Å². The number of rotatable bonds is 6. The van der Waals surface area contributed by atoms with Crippen molar-refractivity contribution in [3.8, 4) is 0 Å². The van der Waals surface area contributed by atoms with E-state index in [0.29, 0.717) is 6.04 Å². The Labute approximate surface area is 137 Å². The molecule has 1 aliphatic rings. The maximum absolute atomic E-state index is 3.63. The summed E-state index contributed by atoms with van der Waals surface area (Å²) < 4.78 is 1.17. The van der Waals surface area contributed by atoms with Gasteiger partial charge in [-0.25, -0.2) is 0 Å². The van der Waals surface area contributed by atoms with E-state index in [2.05, 4.69) is 69.3 Å². The van der Waals surface area contributed by atoms with Gasteiger partial charge in [-0.2, -0.15) is 0 Å². The predicted molar refractivity (Wildman–Crippen MR) is 93.7 cm³/mol. The van der Waals surface area contributed by atoms with Crippen LogP contribution >= 0.6 is 15.9 Å². The van der Waals surface area contributed by atoms with Crippen LogP contribution in [0.25, 0.3) is 0 Å². The van der Waals surface area contributed by atoms with Gasteiger partial charge in [0.2, 0.25) is 0 Å². The molecule has 1 heterocycles. The third kappa shape index (κ3) is 5.70. The molecule has 118 valence electrons. The lowest BCUT2D eigenvalue weighted by atomic mass is 10.0. The standard InChI is InChI=1S/C17H28BrN3/c1-3-19-17(15-6-4-7-16(18)14-15)8-11-21-10-5-9-20(2)12-13-21/h4,6-7,14,17,19H,3,5,8-13H2,1-2H3. The van der Waals surface area contributed by atoms with Crippen LogP contribution in [-0.2, 0) is 0 Å². The van der Waals surface area contributed by atoms with Crippen molar-refractivity contribution >= 4 is 15.9 Å². The number of hydrogen-bond acceptors (Lipinski definition) is 3. The molecule has 1 atom stereocenters.